The van der Waals surface area contributed by atoms with Crippen LogP contribution in [0.3, 0.4) is 0 Å². The molecule has 0 atom stereocenters. The summed E-state index contributed by atoms with van der Waals surface area (Å²) in [5.41, 5.74) is -0.390. The Morgan fingerprint density at radius 2 is 1.86 bits per heavy atom. The summed E-state index contributed by atoms with van der Waals surface area (Å²) in [5.74, 6) is 1.47. The Labute approximate surface area is 187 Å². The van der Waals surface area contributed by atoms with Crippen LogP contribution in [-0.2, 0) is 10.0 Å². The molecular weight excluding hydrogens is 509 g/mol. The predicted molar refractivity (Wildman–Crippen MR) is 118 cm³/mol. The van der Waals surface area contributed by atoms with Crippen LogP contribution in [0.5, 0.6) is 17.2 Å². The molecule has 0 bridgehead atoms. The van der Waals surface area contributed by atoms with Gasteiger partial charge in [0.2, 0.25) is 10.0 Å². The smallest absolute Gasteiger partial charge is 0.244 e. The molecule has 0 unspecified atom stereocenters. The van der Waals surface area contributed by atoms with Crippen molar-refractivity contribution in [3.8, 4) is 17.2 Å². The van der Waals surface area contributed by atoms with Gasteiger partial charge >= 0.3 is 0 Å². The molecule has 152 valence electrons. The second kappa shape index (κ2) is 8.62. The Hall–Kier alpha value is -0.640. The van der Waals surface area contributed by atoms with Gasteiger partial charge in [0.1, 0.15) is 16.4 Å². The number of hydrogen-bond donors (Lipinski definition) is 1. The minimum absolute atomic E-state index is 0.00392. The fourth-order valence-corrected chi connectivity index (χ4v) is 6.65. The lowest BCUT2D eigenvalue weighted by Crippen LogP contribution is -2.38. The molecule has 3 rings (SSSR count). The van der Waals surface area contributed by atoms with E-state index in [-0.39, 0.29) is 22.1 Å². The maximum Gasteiger partial charge on any atom is 0.244 e. The topological polar surface area (TPSA) is 64.6 Å². The lowest BCUT2D eigenvalue weighted by molar-refractivity contribution is 0.399. The third-order valence-corrected chi connectivity index (χ3v) is 7.69. The summed E-state index contributed by atoms with van der Waals surface area (Å²) in [6, 6.07) is 7.83. The molecule has 0 heterocycles. The van der Waals surface area contributed by atoms with Crippen molar-refractivity contribution in [2.24, 2.45) is 0 Å². The molecule has 0 aromatic heterocycles. The minimum atomic E-state index is -3.80. The fourth-order valence-electron chi connectivity index (χ4n) is 2.72. The maximum atomic E-state index is 13.0. The number of benzene rings is 2. The van der Waals surface area contributed by atoms with Crippen LogP contribution in [0.1, 0.15) is 12.8 Å². The van der Waals surface area contributed by atoms with E-state index in [0.29, 0.717) is 14.5 Å². The van der Waals surface area contributed by atoms with Gasteiger partial charge < -0.3 is 9.47 Å². The largest absolute Gasteiger partial charge is 0.495 e. The molecular formula is C18H18BrCl2NO4S2. The minimum Gasteiger partial charge on any atom is -0.495 e. The van der Waals surface area contributed by atoms with Gasteiger partial charge in [0, 0.05) is 21.8 Å². The summed E-state index contributed by atoms with van der Waals surface area (Å²) in [4.78, 5) is 0.00392. The summed E-state index contributed by atoms with van der Waals surface area (Å²) < 4.78 is 40.6. The van der Waals surface area contributed by atoms with Crippen LogP contribution in [0.15, 0.2) is 39.7 Å². The molecule has 0 spiro atoms. The zero-order valence-electron chi connectivity index (χ0n) is 15.1. The van der Waals surface area contributed by atoms with Crippen molar-refractivity contribution < 1.29 is 17.9 Å². The Kier molecular flexibility index (Phi) is 6.79. The first kappa shape index (κ1) is 22.1. The number of halogens is 3. The molecule has 2 aromatic rings. The Morgan fingerprint density at radius 3 is 2.39 bits per heavy atom. The monoisotopic (exact) mass is 525 g/mol. The van der Waals surface area contributed by atoms with Gasteiger partial charge in [-0.05, 0) is 43.4 Å². The Bertz CT molecular complexity index is 974. The molecule has 1 saturated carbocycles. The average molecular weight is 527 g/mol. The van der Waals surface area contributed by atoms with Crippen molar-refractivity contribution in [1.29, 1.82) is 0 Å². The Balaban J connectivity index is 1.95. The van der Waals surface area contributed by atoms with Crippen molar-refractivity contribution >= 4 is 60.9 Å². The van der Waals surface area contributed by atoms with Crippen molar-refractivity contribution in [3.63, 3.8) is 0 Å². The molecule has 5 nitrogen and oxygen atoms in total. The third kappa shape index (κ3) is 4.91. The zero-order chi connectivity index (χ0) is 20.5. The second-order valence-electron chi connectivity index (χ2n) is 6.43. The van der Waals surface area contributed by atoms with Crippen LogP contribution in [0.2, 0.25) is 10.0 Å². The van der Waals surface area contributed by atoms with Crippen LogP contribution in [-0.4, -0.2) is 33.1 Å². The van der Waals surface area contributed by atoms with Crippen LogP contribution in [0.4, 0.5) is 0 Å². The highest BCUT2D eigenvalue weighted by molar-refractivity contribution is 9.10. The quantitative estimate of drug-likeness (QED) is 0.475. The van der Waals surface area contributed by atoms with Crippen LogP contribution < -0.4 is 14.2 Å². The number of nitrogens with one attached hydrogen (secondary N) is 1. The first-order chi connectivity index (χ1) is 13.2. The molecule has 1 N–H and O–H groups in total. The highest BCUT2D eigenvalue weighted by atomic mass is 79.9. The molecule has 10 heteroatoms. The zero-order valence-corrected chi connectivity index (χ0v) is 19.8. The summed E-state index contributed by atoms with van der Waals surface area (Å²) in [5, 5.41) is 0.601. The number of hydrogen-bond acceptors (Lipinski definition) is 5. The van der Waals surface area contributed by atoms with Crippen molar-refractivity contribution in [2.75, 3.05) is 19.1 Å². The van der Waals surface area contributed by atoms with Gasteiger partial charge in [-0.15, -0.1) is 0 Å². The number of ether oxygens (including phenoxy) is 2. The summed E-state index contributed by atoms with van der Waals surface area (Å²) >= 11 is 17.3. The van der Waals surface area contributed by atoms with Gasteiger partial charge in [0.15, 0.2) is 5.75 Å². The lowest BCUT2D eigenvalue weighted by Gasteiger charge is -2.18. The van der Waals surface area contributed by atoms with E-state index >= 15 is 0 Å². The van der Waals surface area contributed by atoms with E-state index in [1.54, 1.807) is 36.0 Å². The molecule has 0 saturated heterocycles. The van der Waals surface area contributed by atoms with Gasteiger partial charge in [-0.25, -0.2) is 13.1 Å². The normalized spacial score (nSPS) is 15.3. The van der Waals surface area contributed by atoms with Crippen LogP contribution in [0.25, 0.3) is 0 Å². The molecule has 1 aliphatic carbocycles. The molecule has 1 fully saturated rings. The van der Waals surface area contributed by atoms with Gasteiger partial charge in [0.25, 0.3) is 0 Å². The van der Waals surface area contributed by atoms with Gasteiger partial charge in [-0.2, -0.15) is 11.8 Å². The predicted octanol–water partition coefficient (Wildman–Crippen LogP) is 5.73. The number of rotatable bonds is 8. The van der Waals surface area contributed by atoms with Gasteiger partial charge in [-0.1, -0.05) is 39.1 Å². The summed E-state index contributed by atoms with van der Waals surface area (Å²) in [6.45, 7) is 0. The van der Waals surface area contributed by atoms with Gasteiger partial charge in [0.05, 0.1) is 17.2 Å². The van der Waals surface area contributed by atoms with E-state index in [1.165, 1.54) is 13.2 Å². The first-order valence-corrected chi connectivity index (χ1v) is 12.7. The number of methoxy groups -OCH3 is 1. The van der Waals surface area contributed by atoms with E-state index < -0.39 is 15.6 Å². The highest BCUT2D eigenvalue weighted by Gasteiger charge is 2.46. The second-order valence-corrected chi connectivity index (χ2v) is 10.7. The van der Waals surface area contributed by atoms with Gasteiger partial charge in [-0.3, -0.25) is 0 Å². The van der Waals surface area contributed by atoms with E-state index in [4.69, 9.17) is 32.7 Å². The molecule has 0 aliphatic heterocycles. The average Bonchev–Trinajstić information content (AvgIpc) is 3.36. The van der Waals surface area contributed by atoms with E-state index in [9.17, 15) is 8.42 Å². The van der Waals surface area contributed by atoms with Crippen molar-refractivity contribution in [1.82, 2.24) is 4.72 Å². The summed E-state index contributed by atoms with van der Waals surface area (Å²) in [6.07, 6.45) is 3.58. The van der Waals surface area contributed by atoms with E-state index in [2.05, 4.69) is 20.7 Å². The van der Waals surface area contributed by atoms with E-state index in [0.717, 1.165) is 18.6 Å². The first-order valence-electron chi connectivity index (χ1n) is 8.23. The molecule has 28 heavy (non-hydrogen) atoms. The standard InChI is InChI=1S/C18H18BrCl2NO4S2/c1-25-15-4-3-12(26-17-13(20)7-11(19)8-14(17)21)9-16(15)28(23,24)22-18(5-6-18)10-27-2/h3-4,7-9,22H,5-6,10H2,1-2H3. The van der Waals surface area contributed by atoms with E-state index in [1.807, 2.05) is 6.26 Å². The molecule has 1 aliphatic rings. The molecule has 0 radical (unpaired) electrons. The lowest BCUT2D eigenvalue weighted by atomic mass is 10.3. The molecule has 0 amide bonds. The highest BCUT2D eigenvalue weighted by Crippen LogP contribution is 2.42. The van der Waals surface area contributed by atoms with Crippen molar-refractivity contribution in [3.05, 3.63) is 44.8 Å². The summed E-state index contributed by atoms with van der Waals surface area (Å²) in [7, 11) is -2.38. The van der Waals surface area contributed by atoms with Crippen LogP contribution in [0, 0.1) is 0 Å². The third-order valence-electron chi connectivity index (χ3n) is 4.23. The van der Waals surface area contributed by atoms with Crippen molar-refractivity contribution in [2.45, 2.75) is 23.3 Å². The maximum absolute atomic E-state index is 13.0. The number of thioether (sulfide) groups is 1. The van der Waals surface area contributed by atoms with Crippen LogP contribution >= 0.6 is 50.9 Å². The molecule has 2 aromatic carbocycles. The Morgan fingerprint density at radius 1 is 1.21 bits per heavy atom. The number of sulfonamides is 1. The fraction of sp³-hybridized carbons (Fsp3) is 0.333. The SMILES string of the molecule is COc1ccc(Oc2c(Cl)cc(Br)cc2Cl)cc1S(=O)(=O)NC1(CSC)CC1.